The Hall–Kier alpha value is -1.30. The first-order chi connectivity index (χ1) is 12.5. The SMILES string of the molecule is Cl.N[C@@H]1CCC[C@H]1CC(=O)Nc1ccc(Cl)c(C(=O)NC2CCCCC2)c1. The van der Waals surface area contributed by atoms with Crippen LogP contribution in [-0.2, 0) is 4.79 Å². The van der Waals surface area contributed by atoms with Crippen LogP contribution in [0.4, 0.5) is 5.69 Å². The second-order valence-electron chi connectivity index (χ2n) is 7.61. The Morgan fingerprint density at radius 3 is 2.48 bits per heavy atom. The molecular weight excluding hydrogens is 385 g/mol. The minimum atomic E-state index is -0.171. The van der Waals surface area contributed by atoms with Crippen LogP contribution >= 0.6 is 24.0 Å². The summed E-state index contributed by atoms with van der Waals surface area (Å²) in [5, 5.41) is 6.35. The number of hydrogen-bond acceptors (Lipinski definition) is 3. The summed E-state index contributed by atoms with van der Waals surface area (Å²) >= 11 is 6.21. The first kappa shape index (κ1) is 22.0. The minimum Gasteiger partial charge on any atom is -0.349 e. The van der Waals surface area contributed by atoms with E-state index in [1.807, 2.05) is 0 Å². The lowest BCUT2D eigenvalue weighted by Crippen LogP contribution is -2.36. The van der Waals surface area contributed by atoms with Gasteiger partial charge >= 0.3 is 0 Å². The van der Waals surface area contributed by atoms with Crippen molar-refractivity contribution in [1.29, 1.82) is 0 Å². The van der Waals surface area contributed by atoms with Crippen LogP contribution in [0, 0.1) is 5.92 Å². The van der Waals surface area contributed by atoms with E-state index in [0.717, 1.165) is 44.9 Å². The van der Waals surface area contributed by atoms with Crippen LogP contribution < -0.4 is 16.4 Å². The fourth-order valence-corrected chi connectivity index (χ4v) is 4.26. The number of anilines is 1. The van der Waals surface area contributed by atoms with E-state index >= 15 is 0 Å². The van der Waals surface area contributed by atoms with Crippen LogP contribution in [0.2, 0.25) is 5.02 Å². The molecule has 1 aromatic rings. The average Bonchev–Trinajstić information content (AvgIpc) is 3.02. The van der Waals surface area contributed by atoms with E-state index in [0.29, 0.717) is 22.7 Å². The van der Waals surface area contributed by atoms with E-state index in [1.165, 1.54) is 6.42 Å². The van der Waals surface area contributed by atoms with Crippen LogP contribution in [0.15, 0.2) is 18.2 Å². The molecule has 27 heavy (non-hydrogen) atoms. The summed E-state index contributed by atoms with van der Waals surface area (Å²) in [5.41, 5.74) is 7.05. The number of hydrogen-bond donors (Lipinski definition) is 3. The third kappa shape index (κ3) is 6.09. The largest absolute Gasteiger partial charge is 0.349 e. The molecule has 0 aliphatic heterocycles. The Kier molecular flexibility index (Phi) is 8.39. The highest BCUT2D eigenvalue weighted by Gasteiger charge is 2.26. The average molecular weight is 414 g/mol. The van der Waals surface area contributed by atoms with Gasteiger partial charge in [0.1, 0.15) is 0 Å². The number of benzene rings is 1. The highest BCUT2D eigenvalue weighted by molar-refractivity contribution is 6.34. The summed E-state index contributed by atoms with van der Waals surface area (Å²) < 4.78 is 0. The zero-order chi connectivity index (χ0) is 18.5. The molecule has 150 valence electrons. The van der Waals surface area contributed by atoms with E-state index in [4.69, 9.17) is 17.3 Å². The lowest BCUT2D eigenvalue weighted by Gasteiger charge is -2.23. The molecule has 3 rings (SSSR count). The number of amides is 2. The van der Waals surface area contributed by atoms with Gasteiger partial charge in [-0.2, -0.15) is 0 Å². The monoisotopic (exact) mass is 413 g/mol. The molecule has 7 heteroatoms. The van der Waals surface area contributed by atoms with Gasteiger partial charge in [-0.15, -0.1) is 12.4 Å². The maximum Gasteiger partial charge on any atom is 0.253 e. The molecule has 0 radical (unpaired) electrons. The summed E-state index contributed by atoms with van der Waals surface area (Å²) in [6.45, 7) is 0. The van der Waals surface area contributed by atoms with Gasteiger partial charge in [-0.3, -0.25) is 9.59 Å². The van der Waals surface area contributed by atoms with E-state index < -0.39 is 0 Å². The maximum absolute atomic E-state index is 12.6. The van der Waals surface area contributed by atoms with Gasteiger partial charge in [-0.1, -0.05) is 37.3 Å². The first-order valence-electron chi connectivity index (χ1n) is 9.69. The van der Waals surface area contributed by atoms with Crippen LogP contribution in [-0.4, -0.2) is 23.9 Å². The van der Waals surface area contributed by atoms with Crippen LogP contribution in [0.25, 0.3) is 0 Å². The third-order valence-corrected chi connectivity index (χ3v) is 5.93. The number of nitrogens with one attached hydrogen (secondary N) is 2. The fraction of sp³-hybridized carbons (Fsp3) is 0.600. The Morgan fingerprint density at radius 1 is 1.07 bits per heavy atom. The molecule has 2 saturated carbocycles. The number of carbonyl (C=O) groups excluding carboxylic acids is 2. The van der Waals surface area contributed by atoms with Crippen molar-refractivity contribution < 1.29 is 9.59 Å². The molecule has 4 N–H and O–H groups in total. The maximum atomic E-state index is 12.6. The zero-order valence-corrected chi connectivity index (χ0v) is 17.1. The Labute approximate surface area is 172 Å². The normalized spacial score (nSPS) is 22.7. The van der Waals surface area contributed by atoms with Gasteiger partial charge in [0, 0.05) is 24.2 Å². The van der Waals surface area contributed by atoms with Crippen LogP contribution in [0.5, 0.6) is 0 Å². The molecule has 2 atom stereocenters. The van der Waals surface area contributed by atoms with E-state index in [2.05, 4.69) is 10.6 Å². The molecule has 0 heterocycles. The Balaban J connectivity index is 0.00000261. The summed E-state index contributed by atoms with van der Waals surface area (Å²) in [4.78, 5) is 24.9. The van der Waals surface area contributed by atoms with Gasteiger partial charge in [0.05, 0.1) is 10.6 Å². The van der Waals surface area contributed by atoms with Crippen molar-refractivity contribution in [2.24, 2.45) is 11.7 Å². The summed E-state index contributed by atoms with van der Waals surface area (Å²) in [7, 11) is 0. The van der Waals surface area contributed by atoms with Crippen molar-refractivity contribution in [2.75, 3.05) is 5.32 Å². The lowest BCUT2D eigenvalue weighted by atomic mass is 9.95. The molecule has 2 aliphatic carbocycles. The van der Waals surface area contributed by atoms with Gasteiger partial charge in [-0.25, -0.2) is 0 Å². The Morgan fingerprint density at radius 2 is 1.81 bits per heavy atom. The smallest absolute Gasteiger partial charge is 0.253 e. The number of halogens is 2. The predicted octanol–water partition coefficient (Wildman–Crippen LogP) is 4.28. The second kappa shape index (κ2) is 10.3. The standard InChI is InChI=1S/C20H28ClN3O2.ClH/c21-17-10-9-15(23-19(25)11-13-5-4-8-18(13)22)12-16(17)20(26)24-14-6-2-1-3-7-14;/h9-10,12-14,18H,1-8,11,22H2,(H,23,25)(H,24,26);1H/t13-,18+;/m0./s1. The Bertz CT molecular complexity index is 663. The van der Waals surface area contributed by atoms with Crippen molar-refractivity contribution in [1.82, 2.24) is 5.32 Å². The van der Waals surface area contributed by atoms with Gasteiger partial charge < -0.3 is 16.4 Å². The van der Waals surface area contributed by atoms with Crippen LogP contribution in [0.3, 0.4) is 0 Å². The summed E-state index contributed by atoms with van der Waals surface area (Å²) in [6.07, 6.45) is 9.08. The fourth-order valence-electron chi connectivity index (χ4n) is 4.06. The second-order valence-corrected chi connectivity index (χ2v) is 8.02. The van der Waals surface area contributed by atoms with Crippen molar-refractivity contribution in [3.8, 4) is 0 Å². The number of carbonyl (C=O) groups is 2. The van der Waals surface area contributed by atoms with Gasteiger partial charge in [0.2, 0.25) is 5.91 Å². The van der Waals surface area contributed by atoms with Crippen molar-refractivity contribution in [3.63, 3.8) is 0 Å². The minimum absolute atomic E-state index is 0. The highest BCUT2D eigenvalue weighted by atomic mass is 35.5. The highest BCUT2D eigenvalue weighted by Crippen LogP contribution is 2.28. The molecule has 2 fully saturated rings. The molecule has 1 aromatic carbocycles. The van der Waals surface area contributed by atoms with Crippen molar-refractivity contribution in [2.45, 2.75) is 69.9 Å². The molecule has 0 spiro atoms. The molecule has 2 aliphatic rings. The zero-order valence-electron chi connectivity index (χ0n) is 15.5. The van der Waals surface area contributed by atoms with Crippen molar-refractivity contribution >= 4 is 41.5 Å². The molecular formula is C20H29Cl2N3O2. The van der Waals surface area contributed by atoms with E-state index in [-0.39, 0.29) is 42.2 Å². The van der Waals surface area contributed by atoms with Crippen molar-refractivity contribution in [3.05, 3.63) is 28.8 Å². The van der Waals surface area contributed by atoms with Gasteiger partial charge in [0.25, 0.3) is 5.91 Å². The third-order valence-electron chi connectivity index (χ3n) is 5.60. The number of rotatable bonds is 5. The van der Waals surface area contributed by atoms with E-state index in [1.54, 1.807) is 18.2 Å². The first-order valence-corrected chi connectivity index (χ1v) is 10.1. The summed E-state index contributed by atoms with van der Waals surface area (Å²) in [6, 6.07) is 5.38. The number of nitrogens with two attached hydrogens (primary N) is 1. The summed E-state index contributed by atoms with van der Waals surface area (Å²) in [5.74, 6) is 0.0143. The molecule has 0 unspecified atom stereocenters. The molecule has 0 aromatic heterocycles. The molecule has 0 bridgehead atoms. The lowest BCUT2D eigenvalue weighted by molar-refractivity contribution is -0.117. The van der Waals surface area contributed by atoms with Crippen LogP contribution in [0.1, 0.15) is 68.1 Å². The van der Waals surface area contributed by atoms with Gasteiger partial charge in [0.15, 0.2) is 0 Å². The predicted molar refractivity (Wildman–Crippen MR) is 112 cm³/mol. The quantitative estimate of drug-likeness (QED) is 0.673. The topological polar surface area (TPSA) is 84.2 Å². The molecule has 0 saturated heterocycles. The van der Waals surface area contributed by atoms with E-state index in [9.17, 15) is 9.59 Å². The molecule has 2 amide bonds. The molecule has 5 nitrogen and oxygen atoms in total. The van der Waals surface area contributed by atoms with Gasteiger partial charge in [-0.05, 0) is 49.8 Å².